The van der Waals surface area contributed by atoms with Crippen LogP contribution in [-0.2, 0) is 20.7 Å². The van der Waals surface area contributed by atoms with Gasteiger partial charge in [-0.3, -0.25) is 9.79 Å². The lowest BCUT2D eigenvalue weighted by Crippen LogP contribution is -2.25. The van der Waals surface area contributed by atoms with Crippen LogP contribution in [0.2, 0.25) is 0 Å². The maximum Gasteiger partial charge on any atom is 0.352 e. The van der Waals surface area contributed by atoms with Gasteiger partial charge in [-0.2, -0.15) is 0 Å². The van der Waals surface area contributed by atoms with E-state index < -0.39 is 18.0 Å². The Morgan fingerprint density at radius 1 is 0.909 bits per heavy atom. The third-order valence-electron chi connectivity index (χ3n) is 6.01. The number of benzene rings is 3. The Labute approximate surface area is 193 Å². The van der Waals surface area contributed by atoms with Crippen molar-refractivity contribution >= 4 is 17.7 Å². The molecule has 5 nitrogen and oxygen atoms in total. The van der Waals surface area contributed by atoms with E-state index in [-0.39, 0.29) is 24.7 Å². The molecular weight excluding hydrogens is 414 g/mol. The number of carbonyl (C=O) groups is 2. The third kappa shape index (κ3) is 5.20. The quantitative estimate of drug-likeness (QED) is 0.362. The number of fused-ring (bicyclic) bond motifs is 3. The molecule has 0 saturated heterocycles. The lowest BCUT2D eigenvalue weighted by molar-refractivity contribution is -0.138. The number of rotatable bonds is 9. The number of hydrogen-bond donors (Lipinski definition) is 1. The monoisotopic (exact) mass is 441 g/mol. The topological polar surface area (TPSA) is 76.0 Å². The molecule has 0 radical (unpaired) electrons. The fourth-order valence-corrected chi connectivity index (χ4v) is 4.34. The van der Waals surface area contributed by atoms with Crippen LogP contribution in [0, 0.1) is 0 Å². The highest BCUT2D eigenvalue weighted by Crippen LogP contribution is 2.44. The molecule has 0 aliphatic heterocycles. The van der Waals surface area contributed by atoms with Gasteiger partial charge >= 0.3 is 11.9 Å². The van der Waals surface area contributed by atoms with Crippen molar-refractivity contribution in [2.24, 2.45) is 4.99 Å². The Morgan fingerprint density at radius 3 is 2.06 bits per heavy atom. The van der Waals surface area contributed by atoms with Crippen molar-refractivity contribution in [3.63, 3.8) is 0 Å². The van der Waals surface area contributed by atoms with Crippen molar-refractivity contribution in [2.75, 3.05) is 6.61 Å². The molecule has 0 fully saturated rings. The van der Waals surface area contributed by atoms with E-state index in [2.05, 4.69) is 29.3 Å². The van der Waals surface area contributed by atoms with Crippen molar-refractivity contribution in [2.45, 2.75) is 38.1 Å². The maximum atomic E-state index is 13.2. The largest absolute Gasteiger partial charge is 0.481 e. The van der Waals surface area contributed by atoms with Crippen molar-refractivity contribution in [3.05, 3.63) is 95.6 Å². The lowest BCUT2D eigenvalue weighted by Gasteiger charge is -2.16. The first-order chi connectivity index (χ1) is 16.1. The zero-order valence-electron chi connectivity index (χ0n) is 18.6. The molecule has 5 heteroatoms. The number of carboxylic acid groups (broad SMARTS) is 1. The van der Waals surface area contributed by atoms with E-state index in [4.69, 9.17) is 4.74 Å². The summed E-state index contributed by atoms with van der Waals surface area (Å²) in [4.78, 5) is 28.9. The number of ether oxygens (including phenoxy) is 1. The second-order valence-electron chi connectivity index (χ2n) is 8.22. The fraction of sp³-hybridized carbons (Fsp3) is 0.250. The molecule has 0 amide bonds. The number of carbonyl (C=O) groups excluding carboxylic acids is 1. The Kier molecular flexibility index (Phi) is 6.98. The molecule has 1 N–H and O–H groups in total. The van der Waals surface area contributed by atoms with Crippen LogP contribution in [0.15, 0.2) is 83.9 Å². The number of hydrogen-bond acceptors (Lipinski definition) is 4. The van der Waals surface area contributed by atoms with Gasteiger partial charge in [0.05, 0.1) is 12.5 Å². The zero-order chi connectivity index (χ0) is 23.2. The number of aliphatic carboxylic acids is 1. The Hall–Kier alpha value is -3.73. The van der Waals surface area contributed by atoms with Crippen LogP contribution in [0.3, 0.4) is 0 Å². The van der Waals surface area contributed by atoms with Gasteiger partial charge in [0.1, 0.15) is 12.3 Å². The molecule has 0 unspecified atom stereocenters. The normalized spacial score (nSPS) is 13.8. The van der Waals surface area contributed by atoms with Gasteiger partial charge in [0.2, 0.25) is 0 Å². The van der Waals surface area contributed by atoms with Crippen LogP contribution >= 0.6 is 0 Å². The minimum Gasteiger partial charge on any atom is -0.481 e. The number of esters is 1. The summed E-state index contributed by atoms with van der Waals surface area (Å²) < 4.78 is 5.81. The third-order valence-corrected chi connectivity index (χ3v) is 6.01. The molecule has 0 spiro atoms. The van der Waals surface area contributed by atoms with Crippen molar-refractivity contribution in [1.82, 2.24) is 0 Å². The summed E-state index contributed by atoms with van der Waals surface area (Å²) in [5.74, 6) is -1.47. The molecule has 1 atom stereocenters. The molecule has 33 heavy (non-hydrogen) atoms. The molecule has 3 aromatic carbocycles. The number of carboxylic acids is 1. The first-order valence-corrected chi connectivity index (χ1v) is 11.2. The van der Waals surface area contributed by atoms with E-state index in [1.807, 2.05) is 61.5 Å². The van der Waals surface area contributed by atoms with E-state index >= 15 is 0 Å². The first-order valence-electron chi connectivity index (χ1n) is 11.2. The highest BCUT2D eigenvalue weighted by molar-refractivity contribution is 6.37. The standard InChI is InChI=1S/C28H27NO4/c1-2-20(17-27(30)31)29-26(16-19-10-4-3-5-11-19)28(32)33-18-25-23-14-8-6-12-21(23)22-13-7-9-15-24(22)25/h3-15,20,25H,2,16-18H2,1H3,(H,30,31)/t20-/m1/s1. The minimum atomic E-state index is -0.933. The average molecular weight is 442 g/mol. The summed E-state index contributed by atoms with van der Waals surface area (Å²) in [7, 11) is 0. The molecule has 168 valence electrons. The Balaban J connectivity index is 1.56. The molecule has 0 bridgehead atoms. The van der Waals surface area contributed by atoms with E-state index in [1.165, 1.54) is 11.1 Å². The van der Waals surface area contributed by atoms with Crippen molar-refractivity contribution in [3.8, 4) is 11.1 Å². The van der Waals surface area contributed by atoms with E-state index in [9.17, 15) is 14.7 Å². The van der Waals surface area contributed by atoms with Crippen LogP contribution < -0.4 is 0 Å². The second kappa shape index (κ2) is 10.3. The van der Waals surface area contributed by atoms with Crippen molar-refractivity contribution in [1.29, 1.82) is 0 Å². The maximum absolute atomic E-state index is 13.2. The van der Waals surface area contributed by atoms with Gasteiger partial charge in [0.25, 0.3) is 0 Å². The smallest absolute Gasteiger partial charge is 0.352 e. The van der Waals surface area contributed by atoms with Gasteiger partial charge in [-0.15, -0.1) is 0 Å². The van der Waals surface area contributed by atoms with E-state index in [1.54, 1.807) is 0 Å². The van der Waals surface area contributed by atoms with E-state index in [0.717, 1.165) is 16.7 Å². The summed E-state index contributed by atoms with van der Waals surface area (Å²) >= 11 is 0. The highest BCUT2D eigenvalue weighted by Gasteiger charge is 2.29. The molecule has 4 rings (SSSR count). The summed E-state index contributed by atoms with van der Waals surface area (Å²) in [5, 5.41) is 9.20. The molecule has 3 aromatic rings. The summed E-state index contributed by atoms with van der Waals surface area (Å²) in [5.41, 5.74) is 5.80. The molecule has 1 aliphatic carbocycles. The van der Waals surface area contributed by atoms with Gasteiger partial charge < -0.3 is 9.84 Å². The van der Waals surface area contributed by atoms with Gasteiger partial charge in [0.15, 0.2) is 0 Å². The molecule has 0 heterocycles. The van der Waals surface area contributed by atoms with Crippen LogP contribution in [-0.4, -0.2) is 35.4 Å². The summed E-state index contributed by atoms with van der Waals surface area (Å²) in [6.45, 7) is 2.07. The second-order valence-corrected chi connectivity index (χ2v) is 8.22. The van der Waals surface area contributed by atoms with Crippen LogP contribution in [0.5, 0.6) is 0 Å². The van der Waals surface area contributed by atoms with Gasteiger partial charge in [-0.05, 0) is 34.2 Å². The SMILES string of the molecule is CC[C@H](CC(=O)O)N=C(Cc1ccccc1)C(=O)OCC1c2ccccc2-c2ccccc21. The first kappa shape index (κ1) is 22.5. The molecule has 1 aliphatic rings. The van der Waals surface area contributed by atoms with Gasteiger partial charge in [-0.25, -0.2) is 4.79 Å². The lowest BCUT2D eigenvalue weighted by atomic mass is 9.98. The molecule has 0 saturated carbocycles. The highest BCUT2D eigenvalue weighted by atomic mass is 16.5. The molecular formula is C28H27NO4. The number of aliphatic imine (C=N–C) groups is 1. The fourth-order valence-electron chi connectivity index (χ4n) is 4.34. The molecule has 0 aromatic heterocycles. The Morgan fingerprint density at radius 2 is 1.48 bits per heavy atom. The van der Waals surface area contributed by atoms with Crippen LogP contribution in [0.1, 0.15) is 42.4 Å². The van der Waals surface area contributed by atoms with Gasteiger partial charge in [-0.1, -0.05) is 85.8 Å². The number of nitrogens with zero attached hydrogens (tertiary/aromatic N) is 1. The van der Waals surface area contributed by atoms with Crippen LogP contribution in [0.25, 0.3) is 11.1 Å². The zero-order valence-corrected chi connectivity index (χ0v) is 18.6. The van der Waals surface area contributed by atoms with Crippen LogP contribution in [0.4, 0.5) is 0 Å². The van der Waals surface area contributed by atoms with E-state index in [0.29, 0.717) is 12.8 Å². The predicted molar refractivity (Wildman–Crippen MR) is 129 cm³/mol. The van der Waals surface area contributed by atoms with Gasteiger partial charge in [0, 0.05) is 12.3 Å². The predicted octanol–water partition coefficient (Wildman–Crippen LogP) is 5.28. The minimum absolute atomic E-state index is 0.0414. The van der Waals surface area contributed by atoms with Crippen molar-refractivity contribution < 1.29 is 19.4 Å². The summed E-state index contributed by atoms with van der Waals surface area (Å²) in [6, 6.07) is 25.5. The average Bonchev–Trinajstić information content (AvgIpc) is 3.15. The summed E-state index contributed by atoms with van der Waals surface area (Å²) in [6.07, 6.45) is 0.709. The Bertz CT molecular complexity index is 1120.